The van der Waals surface area contributed by atoms with Gasteiger partial charge >= 0.3 is 6.18 Å². The number of anilines is 1. The average Bonchev–Trinajstić information content (AvgIpc) is 2.90. The molecule has 2 aromatic rings. The number of halogens is 3. The number of benzene rings is 1. The van der Waals surface area contributed by atoms with Crippen molar-refractivity contribution < 1.29 is 13.2 Å². The number of rotatable bonds is 5. The van der Waals surface area contributed by atoms with Crippen molar-refractivity contribution >= 4 is 17.6 Å². The molecule has 1 aromatic heterocycles. The van der Waals surface area contributed by atoms with Crippen LogP contribution in [0.5, 0.6) is 0 Å². The van der Waals surface area contributed by atoms with E-state index in [2.05, 4.69) is 11.2 Å². The Morgan fingerprint density at radius 1 is 1.25 bits per heavy atom. The summed E-state index contributed by atoms with van der Waals surface area (Å²) >= 11 is 1.39. The summed E-state index contributed by atoms with van der Waals surface area (Å²) in [5.41, 5.74) is 0.642. The van der Waals surface area contributed by atoms with Crippen molar-refractivity contribution in [1.29, 1.82) is 5.26 Å². The zero-order valence-corrected chi connectivity index (χ0v) is 14.4. The first-order valence-electron chi connectivity index (χ1n) is 7.16. The topological polar surface area (TPSA) is 44.9 Å². The normalized spacial score (nSPS) is 11.4. The molecule has 0 aliphatic carbocycles. The second-order valence-electron chi connectivity index (χ2n) is 5.38. The van der Waals surface area contributed by atoms with Crippen molar-refractivity contribution in [1.82, 2.24) is 9.78 Å². The summed E-state index contributed by atoms with van der Waals surface area (Å²) in [6.07, 6.45) is -1.95. The van der Waals surface area contributed by atoms with E-state index >= 15 is 0 Å². The second kappa shape index (κ2) is 7.18. The fraction of sp³-hybridized carbons (Fsp3) is 0.375. The second-order valence-corrected chi connectivity index (χ2v) is 6.18. The van der Waals surface area contributed by atoms with E-state index in [1.807, 2.05) is 25.3 Å². The molecule has 0 saturated heterocycles. The Hall–Kier alpha value is -2.14. The van der Waals surface area contributed by atoms with Crippen LogP contribution < -0.4 is 4.90 Å². The number of aryl methyl sites for hydroxylation is 2. The van der Waals surface area contributed by atoms with Gasteiger partial charge in [0.25, 0.3) is 0 Å². The van der Waals surface area contributed by atoms with E-state index in [0.717, 1.165) is 17.7 Å². The van der Waals surface area contributed by atoms with Gasteiger partial charge in [0.2, 0.25) is 0 Å². The minimum Gasteiger partial charge on any atom is -0.362 e. The van der Waals surface area contributed by atoms with Gasteiger partial charge in [0.1, 0.15) is 22.5 Å². The van der Waals surface area contributed by atoms with E-state index in [1.165, 1.54) is 23.9 Å². The van der Waals surface area contributed by atoms with Crippen molar-refractivity contribution in [2.45, 2.75) is 24.2 Å². The number of nitrogens with zero attached hydrogens (tertiary/aromatic N) is 4. The van der Waals surface area contributed by atoms with Crippen LogP contribution in [0.4, 0.5) is 19.0 Å². The summed E-state index contributed by atoms with van der Waals surface area (Å²) in [5, 5.41) is 14.4. The average molecular weight is 354 g/mol. The van der Waals surface area contributed by atoms with Gasteiger partial charge in [-0.25, -0.2) is 4.68 Å². The van der Waals surface area contributed by atoms with Crippen molar-refractivity contribution in [3.63, 3.8) is 0 Å². The van der Waals surface area contributed by atoms with E-state index in [9.17, 15) is 18.4 Å². The van der Waals surface area contributed by atoms with Gasteiger partial charge in [-0.3, -0.25) is 0 Å². The van der Waals surface area contributed by atoms with Gasteiger partial charge in [0, 0.05) is 20.6 Å². The molecule has 1 heterocycles. The van der Waals surface area contributed by atoms with Crippen LogP contribution in [0.1, 0.15) is 16.7 Å². The molecular weight excluding hydrogens is 337 g/mol. The molecule has 8 heteroatoms. The summed E-state index contributed by atoms with van der Waals surface area (Å²) in [6, 6.07) is 7.28. The minimum atomic E-state index is -4.33. The first-order chi connectivity index (χ1) is 11.3. The molecule has 0 bridgehead atoms. The predicted octanol–water partition coefficient (Wildman–Crippen LogP) is 3.80. The van der Waals surface area contributed by atoms with Gasteiger partial charge in [-0.15, -0.1) is 11.8 Å². The third-order valence-electron chi connectivity index (χ3n) is 3.52. The molecule has 0 unspecified atom stereocenters. The van der Waals surface area contributed by atoms with Crippen molar-refractivity contribution in [3.8, 4) is 6.07 Å². The van der Waals surface area contributed by atoms with Gasteiger partial charge in [0.05, 0.1) is 5.56 Å². The SMILES string of the molecule is CSc1nn(CCc2ccc(C(F)(F)F)cc2)c(N(C)C)c1C#N. The van der Waals surface area contributed by atoms with Crippen molar-refractivity contribution in [3.05, 3.63) is 41.0 Å². The molecule has 0 N–H and O–H groups in total. The highest BCUT2D eigenvalue weighted by Crippen LogP contribution is 2.30. The molecule has 24 heavy (non-hydrogen) atoms. The van der Waals surface area contributed by atoms with E-state index < -0.39 is 11.7 Å². The molecule has 4 nitrogen and oxygen atoms in total. The predicted molar refractivity (Wildman–Crippen MR) is 88.2 cm³/mol. The summed E-state index contributed by atoms with van der Waals surface area (Å²) in [7, 11) is 3.66. The van der Waals surface area contributed by atoms with Crippen LogP contribution in [0, 0.1) is 11.3 Å². The number of alkyl halides is 3. The van der Waals surface area contributed by atoms with Gasteiger partial charge in [-0.05, 0) is 30.4 Å². The van der Waals surface area contributed by atoms with Crippen molar-refractivity contribution in [2.75, 3.05) is 25.3 Å². The number of nitriles is 1. The van der Waals surface area contributed by atoms with E-state index in [4.69, 9.17) is 0 Å². The molecule has 1 aromatic carbocycles. The Labute approximate surface area is 142 Å². The Morgan fingerprint density at radius 2 is 1.88 bits per heavy atom. The fourth-order valence-corrected chi connectivity index (χ4v) is 2.90. The molecule has 128 valence electrons. The van der Waals surface area contributed by atoms with Crippen LogP contribution in [0.2, 0.25) is 0 Å². The Balaban J connectivity index is 2.20. The lowest BCUT2D eigenvalue weighted by molar-refractivity contribution is -0.137. The zero-order valence-electron chi connectivity index (χ0n) is 13.6. The molecule has 0 aliphatic heterocycles. The molecule has 0 amide bonds. The molecular formula is C16H17F3N4S. The van der Waals surface area contributed by atoms with Crippen molar-refractivity contribution in [2.24, 2.45) is 0 Å². The molecule has 0 spiro atoms. The smallest absolute Gasteiger partial charge is 0.362 e. The Morgan fingerprint density at radius 3 is 2.33 bits per heavy atom. The highest BCUT2D eigenvalue weighted by atomic mass is 32.2. The molecule has 0 radical (unpaired) electrons. The number of aromatic nitrogens is 2. The minimum absolute atomic E-state index is 0.480. The summed E-state index contributed by atoms with van der Waals surface area (Å²) in [4.78, 5) is 1.82. The Bertz CT molecular complexity index is 742. The van der Waals surface area contributed by atoms with Crippen LogP contribution in [-0.4, -0.2) is 30.1 Å². The first-order valence-corrected chi connectivity index (χ1v) is 8.38. The van der Waals surface area contributed by atoms with Gasteiger partial charge in [-0.2, -0.15) is 23.5 Å². The Kier molecular flexibility index (Phi) is 5.44. The van der Waals surface area contributed by atoms with Crippen LogP contribution in [0.3, 0.4) is 0 Å². The van der Waals surface area contributed by atoms with E-state index in [0.29, 0.717) is 29.4 Å². The lowest BCUT2D eigenvalue weighted by Crippen LogP contribution is -2.17. The van der Waals surface area contributed by atoms with Gasteiger partial charge in [0.15, 0.2) is 0 Å². The third-order valence-corrected chi connectivity index (χ3v) is 4.19. The third kappa shape index (κ3) is 3.85. The maximum Gasteiger partial charge on any atom is 0.416 e. The number of hydrogen-bond donors (Lipinski definition) is 0. The van der Waals surface area contributed by atoms with Gasteiger partial charge < -0.3 is 4.90 Å². The summed E-state index contributed by atoms with van der Waals surface area (Å²) in [6.45, 7) is 0.480. The lowest BCUT2D eigenvalue weighted by Gasteiger charge is -2.15. The lowest BCUT2D eigenvalue weighted by atomic mass is 10.1. The number of thioether (sulfide) groups is 1. The first kappa shape index (κ1) is 18.2. The van der Waals surface area contributed by atoms with E-state index in [1.54, 1.807) is 4.68 Å². The number of hydrogen-bond acceptors (Lipinski definition) is 4. The quantitative estimate of drug-likeness (QED) is 0.766. The maximum absolute atomic E-state index is 12.6. The standard InChI is InChI=1S/C16H17F3N4S/c1-22(2)15-13(10-20)14(24-3)21-23(15)9-8-11-4-6-12(7-5-11)16(17,18)19/h4-7H,8-9H2,1-3H3. The monoisotopic (exact) mass is 354 g/mol. The van der Waals surface area contributed by atoms with Crippen LogP contribution in [0.25, 0.3) is 0 Å². The van der Waals surface area contributed by atoms with Crippen LogP contribution >= 0.6 is 11.8 Å². The highest BCUT2D eigenvalue weighted by Gasteiger charge is 2.29. The molecule has 0 aliphatic rings. The van der Waals surface area contributed by atoms with Crippen LogP contribution in [-0.2, 0) is 19.1 Å². The van der Waals surface area contributed by atoms with E-state index in [-0.39, 0.29) is 0 Å². The molecule has 2 rings (SSSR count). The molecule has 0 saturated carbocycles. The fourth-order valence-electron chi connectivity index (χ4n) is 2.38. The van der Waals surface area contributed by atoms with Gasteiger partial charge in [-0.1, -0.05) is 12.1 Å². The van der Waals surface area contributed by atoms with Crippen LogP contribution in [0.15, 0.2) is 29.3 Å². The largest absolute Gasteiger partial charge is 0.416 e. The summed E-state index contributed by atoms with van der Waals surface area (Å²) in [5.74, 6) is 0.703. The summed E-state index contributed by atoms with van der Waals surface area (Å²) < 4.78 is 39.5. The molecule has 0 atom stereocenters. The zero-order chi connectivity index (χ0) is 17.9. The molecule has 0 fully saturated rings. The highest BCUT2D eigenvalue weighted by molar-refractivity contribution is 7.98. The maximum atomic E-state index is 12.6.